The minimum Gasteiger partial charge on any atom is -0.733 e. The molecule has 7 nitrogen and oxygen atoms in total. The molecule has 0 radical (unpaired) electrons. The Hall–Kier alpha value is -2.12. The van der Waals surface area contributed by atoms with Gasteiger partial charge in [0.25, 0.3) is 0 Å². The number of hydrogen-bond acceptors (Lipinski definition) is 5. The molecule has 0 aliphatic heterocycles. The second kappa shape index (κ2) is 5.99. The summed E-state index contributed by atoms with van der Waals surface area (Å²) >= 11 is 0. The number of carboxylic acids is 2. The molecule has 0 amide bonds. The van der Waals surface area contributed by atoms with Crippen LogP contribution in [0.15, 0.2) is 24.3 Å². The van der Waals surface area contributed by atoms with E-state index in [1.165, 1.54) is 31.4 Å². The van der Waals surface area contributed by atoms with Gasteiger partial charge in [-0.3, -0.25) is 14.4 Å². The van der Waals surface area contributed by atoms with Gasteiger partial charge < -0.3 is 20.6 Å². The van der Waals surface area contributed by atoms with Gasteiger partial charge >= 0.3 is 11.9 Å². The zero-order valence-corrected chi connectivity index (χ0v) is 9.57. The highest BCUT2D eigenvalue weighted by atomic mass is 16.9. The van der Waals surface area contributed by atoms with Crippen molar-refractivity contribution >= 4 is 17.6 Å². The molecule has 18 heavy (non-hydrogen) atoms. The number of nitrogens with zero attached hydrogens (tertiary/aromatic N) is 1. The molecule has 1 atom stereocenters. The van der Waals surface area contributed by atoms with Crippen molar-refractivity contribution in [3.63, 3.8) is 0 Å². The van der Waals surface area contributed by atoms with Gasteiger partial charge in [-0.05, 0) is 17.7 Å². The van der Waals surface area contributed by atoms with Crippen LogP contribution in [0.25, 0.3) is 0 Å². The first-order chi connectivity index (χ1) is 8.45. The molecule has 1 rings (SSSR count). The molecule has 0 aromatic heterocycles. The van der Waals surface area contributed by atoms with Crippen LogP contribution in [0.2, 0.25) is 0 Å². The minimum absolute atomic E-state index is 0.195. The lowest BCUT2D eigenvalue weighted by Crippen LogP contribution is -2.16. The van der Waals surface area contributed by atoms with Crippen molar-refractivity contribution in [2.75, 3.05) is 12.3 Å². The molecule has 0 heterocycles. The van der Waals surface area contributed by atoms with E-state index in [0.29, 0.717) is 5.56 Å². The number of aliphatic carboxylic acids is 2. The number of rotatable bonds is 6. The zero-order chi connectivity index (χ0) is 13.7. The second-order valence-corrected chi connectivity index (χ2v) is 3.52. The smallest absolute Gasteiger partial charge is 0.311 e. The van der Waals surface area contributed by atoms with E-state index >= 15 is 0 Å². The van der Waals surface area contributed by atoms with Gasteiger partial charge in [0, 0.05) is 0 Å². The summed E-state index contributed by atoms with van der Waals surface area (Å²) in [4.78, 5) is 25.9. The third kappa shape index (κ3) is 3.44. The Labute approximate surface area is 103 Å². The van der Waals surface area contributed by atoms with Crippen LogP contribution in [-0.2, 0) is 14.4 Å². The molecule has 0 aliphatic rings. The van der Waals surface area contributed by atoms with Crippen LogP contribution in [-0.4, -0.2) is 29.3 Å². The van der Waals surface area contributed by atoms with Gasteiger partial charge in [-0.25, -0.2) is 0 Å². The first-order valence-electron chi connectivity index (χ1n) is 5.01. The van der Waals surface area contributed by atoms with Crippen LogP contribution in [0.1, 0.15) is 17.9 Å². The van der Waals surface area contributed by atoms with Crippen molar-refractivity contribution in [2.45, 2.75) is 12.3 Å². The van der Waals surface area contributed by atoms with E-state index in [0.717, 1.165) is 0 Å². The number of benzene rings is 1. The highest BCUT2D eigenvalue weighted by molar-refractivity contribution is 5.82. The van der Waals surface area contributed by atoms with E-state index in [9.17, 15) is 14.8 Å². The molecule has 2 N–H and O–H groups in total. The van der Waals surface area contributed by atoms with Gasteiger partial charge in [-0.1, -0.05) is 12.1 Å². The first-order valence-corrected chi connectivity index (χ1v) is 5.01. The van der Waals surface area contributed by atoms with Crippen molar-refractivity contribution < 1.29 is 24.6 Å². The molecule has 98 valence electrons. The molecule has 0 saturated heterocycles. The lowest BCUT2D eigenvalue weighted by atomic mass is 9.96. The van der Waals surface area contributed by atoms with Gasteiger partial charge in [-0.15, -0.1) is 0 Å². The summed E-state index contributed by atoms with van der Waals surface area (Å²) in [6.45, 7) is 0. The highest BCUT2D eigenvalue weighted by Crippen LogP contribution is 2.23. The highest BCUT2D eigenvalue weighted by Gasteiger charge is 2.22. The van der Waals surface area contributed by atoms with Crippen molar-refractivity contribution in [1.29, 1.82) is 0 Å². The lowest BCUT2D eigenvalue weighted by Gasteiger charge is -2.27. The summed E-state index contributed by atoms with van der Waals surface area (Å²) < 4.78 is 0. The maximum atomic E-state index is 11.1. The number of anilines is 1. The maximum absolute atomic E-state index is 11.1. The van der Waals surface area contributed by atoms with Crippen LogP contribution < -0.4 is 5.23 Å². The Morgan fingerprint density at radius 2 is 1.89 bits per heavy atom. The summed E-state index contributed by atoms with van der Waals surface area (Å²) in [5.74, 6) is -3.57. The maximum Gasteiger partial charge on any atom is 0.311 e. The standard InChI is InChI=1S/C11H12NO6/c1-18-12(17)8-4-2-7(3-5-8)9(11(15)16)6-10(13)14/h2-5,9H,6H2,1H3,(H,13,14)(H,15,16)/q-1. The fraction of sp³-hybridized carbons (Fsp3) is 0.273. The molecular weight excluding hydrogens is 242 g/mol. The Bertz CT molecular complexity index is 430. The van der Waals surface area contributed by atoms with Gasteiger partial charge in [0.05, 0.1) is 25.1 Å². The van der Waals surface area contributed by atoms with Gasteiger partial charge in [-0.2, -0.15) is 0 Å². The van der Waals surface area contributed by atoms with Crippen molar-refractivity contribution in [3.05, 3.63) is 35.0 Å². The van der Waals surface area contributed by atoms with Gasteiger partial charge in [0.1, 0.15) is 0 Å². The Kier molecular flexibility index (Phi) is 4.64. The topological polar surface area (TPSA) is 110 Å². The van der Waals surface area contributed by atoms with Crippen LogP contribution in [0.3, 0.4) is 0 Å². The van der Waals surface area contributed by atoms with Gasteiger partial charge in [0.2, 0.25) is 0 Å². The van der Waals surface area contributed by atoms with Crippen molar-refractivity contribution in [3.8, 4) is 0 Å². The molecule has 1 aromatic carbocycles. The molecule has 0 aliphatic carbocycles. The summed E-state index contributed by atoms with van der Waals surface area (Å²) in [7, 11) is 1.20. The van der Waals surface area contributed by atoms with Crippen molar-refractivity contribution in [1.82, 2.24) is 0 Å². The first kappa shape index (κ1) is 13.9. The van der Waals surface area contributed by atoms with E-state index < -0.39 is 24.3 Å². The zero-order valence-electron chi connectivity index (χ0n) is 9.57. The Balaban J connectivity index is 2.93. The van der Waals surface area contributed by atoms with E-state index in [1.54, 1.807) is 0 Å². The van der Waals surface area contributed by atoms with Crippen molar-refractivity contribution in [2.24, 2.45) is 0 Å². The number of hydrogen-bond donors (Lipinski definition) is 2. The van der Waals surface area contributed by atoms with E-state index in [4.69, 9.17) is 10.2 Å². The molecular formula is C11H12NO6-. The molecule has 1 aromatic rings. The molecule has 7 heteroatoms. The fourth-order valence-electron chi connectivity index (χ4n) is 1.46. The summed E-state index contributed by atoms with van der Waals surface area (Å²) in [6, 6.07) is 5.51. The van der Waals surface area contributed by atoms with E-state index in [-0.39, 0.29) is 10.9 Å². The molecule has 1 unspecified atom stereocenters. The molecule has 0 fully saturated rings. The van der Waals surface area contributed by atoms with E-state index in [2.05, 4.69) is 4.84 Å². The summed E-state index contributed by atoms with van der Waals surface area (Å²) in [5.41, 5.74) is 0.513. The third-order valence-corrected chi connectivity index (χ3v) is 2.35. The predicted octanol–water partition coefficient (Wildman–Crippen LogP) is 1.20. The Morgan fingerprint density at radius 3 is 2.28 bits per heavy atom. The Morgan fingerprint density at radius 1 is 1.33 bits per heavy atom. The minimum atomic E-state index is -1.23. The normalized spacial score (nSPS) is 11.9. The monoisotopic (exact) mass is 254 g/mol. The number of carboxylic acid groups (broad SMARTS) is 2. The average Bonchev–Trinajstić information content (AvgIpc) is 2.34. The molecule has 0 bridgehead atoms. The fourth-order valence-corrected chi connectivity index (χ4v) is 1.46. The largest absolute Gasteiger partial charge is 0.733 e. The SMILES string of the molecule is CON([O-])c1ccc(C(CC(=O)O)C(=O)O)cc1. The molecule has 0 saturated carbocycles. The lowest BCUT2D eigenvalue weighted by molar-refractivity contribution is -0.145. The third-order valence-electron chi connectivity index (χ3n) is 2.35. The van der Waals surface area contributed by atoms with Crippen LogP contribution >= 0.6 is 0 Å². The van der Waals surface area contributed by atoms with Gasteiger partial charge in [0.15, 0.2) is 0 Å². The summed E-state index contributed by atoms with van der Waals surface area (Å²) in [5, 5.41) is 28.9. The van der Waals surface area contributed by atoms with Crippen LogP contribution in [0.5, 0.6) is 0 Å². The predicted molar refractivity (Wildman–Crippen MR) is 61.9 cm³/mol. The number of carbonyl (C=O) groups is 2. The van der Waals surface area contributed by atoms with E-state index in [1.807, 2.05) is 0 Å². The molecule has 0 spiro atoms. The van der Waals surface area contributed by atoms with Crippen LogP contribution in [0.4, 0.5) is 5.69 Å². The average molecular weight is 254 g/mol. The van der Waals surface area contributed by atoms with Crippen LogP contribution in [0, 0.1) is 5.21 Å². The quantitative estimate of drug-likeness (QED) is 0.733. The summed E-state index contributed by atoms with van der Waals surface area (Å²) in [6.07, 6.45) is -0.514. The second-order valence-electron chi connectivity index (χ2n) is 3.52.